The molecule has 0 aromatic carbocycles. The average molecular weight is 435 g/mol. The summed E-state index contributed by atoms with van der Waals surface area (Å²) in [6, 6.07) is -1.84. The zero-order valence-electron chi connectivity index (χ0n) is 18.2. The van der Waals surface area contributed by atoms with Crippen molar-refractivity contribution >= 4 is 17.9 Å². The van der Waals surface area contributed by atoms with Gasteiger partial charge in [0, 0.05) is 45.8 Å². The number of imide groups is 1. The van der Waals surface area contributed by atoms with Gasteiger partial charge in [0.1, 0.15) is 11.6 Å². The van der Waals surface area contributed by atoms with Crippen LogP contribution in [-0.4, -0.2) is 96.2 Å². The fraction of sp³-hybridized carbons (Fsp3) is 0.842. The number of piperazine rings is 1. The Kier molecular flexibility index (Phi) is 7.95. The van der Waals surface area contributed by atoms with Crippen LogP contribution in [0.1, 0.15) is 40.5 Å². The summed E-state index contributed by atoms with van der Waals surface area (Å²) in [6.45, 7) is 9.53. The number of guanidine groups is 1. The fourth-order valence-electron chi connectivity index (χ4n) is 3.56. The molecule has 2 atom stereocenters. The molecular weight excluding hydrogens is 401 g/mol. The molecule has 8 nitrogen and oxygen atoms in total. The summed E-state index contributed by atoms with van der Waals surface area (Å²) < 4.78 is 38.8. The number of urea groups is 1. The third-order valence-electron chi connectivity index (χ3n) is 5.82. The van der Waals surface area contributed by atoms with Crippen molar-refractivity contribution in [2.45, 2.75) is 58.3 Å². The van der Waals surface area contributed by atoms with E-state index in [-0.39, 0.29) is 18.5 Å². The molecule has 0 aromatic rings. The minimum Gasteiger partial charge on any atom is -0.357 e. The highest BCUT2D eigenvalue weighted by Gasteiger charge is 2.46. The second-order valence-electron chi connectivity index (χ2n) is 7.90. The Morgan fingerprint density at radius 2 is 1.87 bits per heavy atom. The maximum atomic E-state index is 12.9. The summed E-state index contributed by atoms with van der Waals surface area (Å²) in [7, 11) is 0. The van der Waals surface area contributed by atoms with Crippen molar-refractivity contribution in [1.82, 2.24) is 25.3 Å². The van der Waals surface area contributed by atoms with E-state index in [0.717, 1.165) is 0 Å². The molecule has 2 saturated heterocycles. The number of halogens is 3. The van der Waals surface area contributed by atoms with Crippen LogP contribution in [0.4, 0.5) is 18.0 Å². The number of aliphatic imine (C=N–C) groups is 1. The van der Waals surface area contributed by atoms with Crippen molar-refractivity contribution in [1.29, 1.82) is 0 Å². The van der Waals surface area contributed by atoms with Gasteiger partial charge >= 0.3 is 12.2 Å². The van der Waals surface area contributed by atoms with Crippen molar-refractivity contribution in [3.05, 3.63) is 0 Å². The van der Waals surface area contributed by atoms with Crippen LogP contribution < -0.4 is 10.6 Å². The van der Waals surface area contributed by atoms with E-state index in [4.69, 9.17) is 0 Å². The van der Waals surface area contributed by atoms with Crippen molar-refractivity contribution in [3.8, 4) is 0 Å². The normalized spacial score (nSPS) is 25.0. The Morgan fingerprint density at radius 3 is 2.37 bits per heavy atom. The smallest absolute Gasteiger partial charge is 0.357 e. The average Bonchev–Trinajstić information content (AvgIpc) is 2.92. The van der Waals surface area contributed by atoms with Gasteiger partial charge in [-0.3, -0.25) is 19.6 Å². The highest BCUT2D eigenvalue weighted by molar-refractivity contribution is 6.06. The van der Waals surface area contributed by atoms with Gasteiger partial charge < -0.3 is 15.5 Å². The second kappa shape index (κ2) is 9.84. The second-order valence-corrected chi connectivity index (χ2v) is 7.90. The summed E-state index contributed by atoms with van der Waals surface area (Å²) in [5.74, 6) is 0.424. The Labute approximate surface area is 175 Å². The Balaban J connectivity index is 1.87. The van der Waals surface area contributed by atoms with Crippen LogP contribution in [0.2, 0.25) is 0 Å². The molecule has 0 bridgehead atoms. The Bertz CT molecular complexity index is 649. The first-order valence-corrected chi connectivity index (χ1v) is 10.5. The maximum absolute atomic E-state index is 12.9. The fourth-order valence-corrected chi connectivity index (χ4v) is 3.56. The van der Waals surface area contributed by atoms with Crippen molar-refractivity contribution in [2.24, 2.45) is 4.99 Å². The number of carbonyl (C=O) groups is 2. The van der Waals surface area contributed by atoms with Crippen LogP contribution in [-0.2, 0) is 4.79 Å². The molecular formula is C19H33F3N6O2. The summed E-state index contributed by atoms with van der Waals surface area (Å²) in [6.07, 6.45) is -3.19. The van der Waals surface area contributed by atoms with Crippen LogP contribution >= 0.6 is 0 Å². The summed E-state index contributed by atoms with van der Waals surface area (Å²) in [5, 5.41) is 5.89. The topological polar surface area (TPSA) is 80.3 Å². The zero-order valence-corrected chi connectivity index (χ0v) is 18.2. The number of hydrogen-bond donors (Lipinski definition) is 2. The molecule has 2 fully saturated rings. The lowest BCUT2D eigenvalue weighted by Crippen LogP contribution is -2.56. The number of carbonyl (C=O) groups excluding carboxylic acids is 2. The van der Waals surface area contributed by atoms with Gasteiger partial charge in [-0.1, -0.05) is 6.92 Å². The van der Waals surface area contributed by atoms with Crippen LogP contribution in [0.25, 0.3) is 0 Å². The predicted molar refractivity (Wildman–Crippen MR) is 108 cm³/mol. The molecule has 3 amide bonds. The summed E-state index contributed by atoms with van der Waals surface area (Å²) in [4.78, 5) is 33.6. The minimum atomic E-state index is -4.23. The molecule has 0 radical (unpaired) electrons. The molecule has 2 aliphatic rings. The number of nitrogens with one attached hydrogen (secondary N) is 2. The van der Waals surface area contributed by atoms with Gasteiger partial charge in [-0.05, 0) is 33.6 Å². The van der Waals surface area contributed by atoms with Crippen LogP contribution in [0.5, 0.6) is 0 Å². The summed E-state index contributed by atoms with van der Waals surface area (Å²) in [5.41, 5.74) is -0.845. The molecule has 2 unspecified atom stereocenters. The first-order valence-electron chi connectivity index (χ1n) is 10.5. The number of nitrogens with zero attached hydrogens (tertiary/aromatic N) is 4. The SMILES string of the molecule is CCNC(=NCCCN1C(=O)NC(C)(CC)C1=O)N1CCN(C(C)C(F)(F)F)CC1. The van der Waals surface area contributed by atoms with Crippen molar-refractivity contribution < 1.29 is 22.8 Å². The zero-order chi connectivity index (χ0) is 22.5. The van der Waals surface area contributed by atoms with Crippen LogP contribution in [0, 0.1) is 0 Å². The van der Waals surface area contributed by atoms with Gasteiger partial charge in [0.25, 0.3) is 5.91 Å². The highest BCUT2D eigenvalue weighted by Crippen LogP contribution is 2.25. The largest absolute Gasteiger partial charge is 0.403 e. The molecule has 0 spiro atoms. The number of rotatable bonds is 7. The first kappa shape index (κ1) is 24.2. The number of amides is 3. The van der Waals surface area contributed by atoms with Gasteiger partial charge in [-0.15, -0.1) is 0 Å². The number of alkyl halides is 3. The Morgan fingerprint density at radius 1 is 1.23 bits per heavy atom. The summed E-state index contributed by atoms with van der Waals surface area (Å²) >= 11 is 0. The van der Waals surface area contributed by atoms with Crippen molar-refractivity contribution in [2.75, 3.05) is 45.8 Å². The predicted octanol–water partition coefficient (Wildman–Crippen LogP) is 1.63. The van der Waals surface area contributed by atoms with E-state index in [2.05, 4.69) is 15.6 Å². The van der Waals surface area contributed by atoms with Gasteiger partial charge in [-0.25, -0.2) is 4.79 Å². The van der Waals surface area contributed by atoms with Gasteiger partial charge in [0.05, 0.1) is 0 Å². The van der Waals surface area contributed by atoms with Crippen LogP contribution in [0.15, 0.2) is 4.99 Å². The molecule has 0 aliphatic carbocycles. The molecule has 0 aromatic heterocycles. The van der Waals surface area contributed by atoms with Gasteiger partial charge in [-0.2, -0.15) is 13.2 Å². The van der Waals surface area contributed by atoms with E-state index in [1.165, 1.54) is 16.7 Å². The molecule has 172 valence electrons. The third kappa shape index (κ3) is 5.55. The van der Waals surface area contributed by atoms with E-state index in [0.29, 0.717) is 58.1 Å². The van der Waals surface area contributed by atoms with E-state index < -0.39 is 17.8 Å². The van der Waals surface area contributed by atoms with E-state index in [1.54, 1.807) is 6.92 Å². The minimum absolute atomic E-state index is 0.221. The van der Waals surface area contributed by atoms with E-state index >= 15 is 0 Å². The lowest BCUT2D eigenvalue weighted by atomic mass is 9.99. The molecule has 11 heteroatoms. The lowest BCUT2D eigenvalue weighted by molar-refractivity contribution is -0.181. The van der Waals surface area contributed by atoms with Crippen molar-refractivity contribution in [3.63, 3.8) is 0 Å². The van der Waals surface area contributed by atoms with E-state index in [9.17, 15) is 22.8 Å². The highest BCUT2D eigenvalue weighted by atomic mass is 19.4. The molecule has 0 saturated carbocycles. The van der Waals surface area contributed by atoms with Gasteiger partial charge in [0.15, 0.2) is 5.96 Å². The lowest BCUT2D eigenvalue weighted by Gasteiger charge is -2.39. The van der Waals surface area contributed by atoms with Gasteiger partial charge in [0.2, 0.25) is 0 Å². The molecule has 2 N–H and O–H groups in total. The standard InChI is InChI=1S/C19H33F3N6O2/c1-5-18(4)15(29)28(17(30)25-18)9-7-8-24-16(23-6-2)27-12-10-26(11-13-27)14(3)19(20,21)22/h14H,5-13H2,1-4H3,(H,23,24)(H,25,30). The maximum Gasteiger partial charge on any atom is 0.403 e. The quantitative estimate of drug-likeness (QED) is 0.276. The first-order chi connectivity index (χ1) is 14.0. The van der Waals surface area contributed by atoms with Crippen LogP contribution in [0.3, 0.4) is 0 Å². The van der Waals surface area contributed by atoms with E-state index in [1.807, 2.05) is 18.7 Å². The number of hydrogen-bond acceptors (Lipinski definition) is 4. The molecule has 2 rings (SSSR count). The molecule has 2 aliphatic heterocycles. The third-order valence-corrected chi connectivity index (χ3v) is 5.82. The monoisotopic (exact) mass is 434 g/mol. The molecule has 30 heavy (non-hydrogen) atoms. The Hall–Kier alpha value is -2.04. The molecule has 2 heterocycles.